The molecule has 1 aromatic carbocycles. The third-order valence-corrected chi connectivity index (χ3v) is 2.46. The largest absolute Gasteiger partial charge is 1.00 e. The fourth-order valence-electron chi connectivity index (χ4n) is 1.35. The van der Waals surface area contributed by atoms with Crippen LogP contribution in [0.4, 0.5) is 0 Å². The van der Waals surface area contributed by atoms with Gasteiger partial charge in [-0.3, -0.25) is 0 Å². The summed E-state index contributed by atoms with van der Waals surface area (Å²) in [5.41, 5.74) is 1.19. The van der Waals surface area contributed by atoms with Crippen molar-refractivity contribution in [2.45, 2.75) is 12.8 Å². The molecule has 0 amide bonds. The Kier molecular flexibility index (Phi) is 6.73. The highest BCUT2D eigenvalue weighted by Crippen LogP contribution is 2.23. The summed E-state index contributed by atoms with van der Waals surface area (Å²) in [5.74, 6) is 0.161. The molecule has 2 N–H and O–H groups in total. The van der Waals surface area contributed by atoms with Crippen molar-refractivity contribution >= 4 is 11.6 Å². The average molecular weight is 250 g/mol. The second-order valence-corrected chi connectivity index (χ2v) is 4.25. The molecule has 0 aliphatic rings. The first-order chi connectivity index (χ1) is 6.59. The molecule has 0 aromatic heterocycles. The molecule has 0 saturated carbocycles. The molecular weight excluding hydrogens is 233 g/mol. The molecule has 0 spiro atoms. The molecule has 0 unspecified atom stereocenters. The van der Waals surface area contributed by atoms with Gasteiger partial charge in [-0.2, -0.15) is 0 Å². The average Bonchev–Trinajstić information content (AvgIpc) is 2.10. The van der Waals surface area contributed by atoms with E-state index in [1.54, 1.807) is 6.07 Å². The second-order valence-electron chi connectivity index (χ2n) is 3.85. The standard InChI is InChI=1S/C11H16ClNO.ClH/c1-13(2)7-3-4-9-5-6-11(14)10(12)8-9;/h5-6,8,14H,3-4,7H2,1-2H3;1H. The fourth-order valence-corrected chi connectivity index (χ4v) is 1.56. The zero-order chi connectivity index (χ0) is 10.6. The van der Waals surface area contributed by atoms with Crippen LogP contribution in [0, 0.1) is 0 Å². The van der Waals surface area contributed by atoms with Gasteiger partial charge in [-0.05, 0) is 24.1 Å². The molecule has 86 valence electrons. The van der Waals surface area contributed by atoms with E-state index in [0.29, 0.717) is 5.02 Å². The summed E-state index contributed by atoms with van der Waals surface area (Å²) in [5, 5.41) is 9.67. The van der Waals surface area contributed by atoms with Crippen molar-refractivity contribution in [1.82, 2.24) is 0 Å². The summed E-state index contributed by atoms with van der Waals surface area (Å²) in [7, 11) is 4.29. The molecule has 0 radical (unpaired) electrons. The van der Waals surface area contributed by atoms with E-state index in [2.05, 4.69) is 14.1 Å². The van der Waals surface area contributed by atoms with Crippen molar-refractivity contribution < 1.29 is 22.4 Å². The molecule has 0 bridgehead atoms. The molecule has 1 rings (SSSR count). The second kappa shape index (κ2) is 6.94. The van der Waals surface area contributed by atoms with E-state index in [1.807, 2.05) is 12.1 Å². The molecule has 0 heterocycles. The Bertz CT molecular complexity index is 303. The van der Waals surface area contributed by atoms with Gasteiger partial charge < -0.3 is 22.4 Å². The van der Waals surface area contributed by atoms with Crippen LogP contribution in [-0.4, -0.2) is 25.7 Å². The van der Waals surface area contributed by atoms with Crippen LogP contribution in [0.5, 0.6) is 5.75 Å². The van der Waals surface area contributed by atoms with Gasteiger partial charge in [0.15, 0.2) is 0 Å². The van der Waals surface area contributed by atoms with Gasteiger partial charge >= 0.3 is 0 Å². The number of aryl methyl sites for hydroxylation is 1. The van der Waals surface area contributed by atoms with Crippen LogP contribution in [-0.2, 0) is 6.42 Å². The van der Waals surface area contributed by atoms with Crippen LogP contribution in [0.3, 0.4) is 0 Å². The lowest BCUT2D eigenvalue weighted by Crippen LogP contribution is -3.05. The van der Waals surface area contributed by atoms with E-state index in [-0.39, 0.29) is 18.2 Å². The lowest BCUT2D eigenvalue weighted by Gasteiger charge is -2.07. The van der Waals surface area contributed by atoms with Gasteiger partial charge in [0.25, 0.3) is 0 Å². The van der Waals surface area contributed by atoms with Crippen molar-refractivity contribution in [2.75, 3.05) is 20.6 Å². The summed E-state index contributed by atoms with van der Waals surface area (Å²) < 4.78 is 0. The van der Waals surface area contributed by atoms with Gasteiger partial charge in [0, 0.05) is 6.42 Å². The van der Waals surface area contributed by atoms with E-state index >= 15 is 0 Å². The summed E-state index contributed by atoms with van der Waals surface area (Å²) in [6, 6.07) is 5.41. The minimum atomic E-state index is 0. The number of hydrogen-bond donors (Lipinski definition) is 2. The van der Waals surface area contributed by atoms with Gasteiger partial charge in [0.1, 0.15) is 5.75 Å². The predicted octanol–water partition coefficient (Wildman–Crippen LogP) is -1.87. The summed E-state index contributed by atoms with van der Waals surface area (Å²) >= 11 is 5.80. The first-order valence-electron chi connectivity index (χ1n) is 4.86. The van der Waals surface area contributed by atoms with Gasteiger partial charge in [-0.15, -0.1) is 0 Å². The molecule has 15 heavy (non-hydrogen) atoms. The van der Waals surface area contributed by atoms with Gasteiger partial charge in [0.2, 0.25) is 0 Å². The maximum absolute atomic E-state index is 9.22. The smallest absolute Gasteiger partial charge is 0.134 e. The Hall–Kier alpha value is -0.440. The van der Waals surface area contributed by atoms with E-state index in [9.17, 15) is 5.11 Å². The van der Waals surface area contributed by atoms with Crippen LogP contribution >= 0.6 is 11.6 Å². The minimum absolute atomic E-state index is 0. The van der Waals surface area contributed by atoms with Crippen molar-refractivity contribution in [3.63, 3.8) is 0 Å². The highest BCUT2D eigenvalue weighted by Gasteiger charge is 2.01. The summed E-state index contributed by atoms with van der Waals surface area (Å²) in [4.78, 5) is 1.45. The summed E-state index contributed by atoms with van der Waals surface area (Å²) in [6.45, 7) is 1.15. The highest BCUT2D eigenvalue weighted by atomic mass is 35.5. The number of benzene rings is 1. The number of nitrogens with one attached hydrogen (secondary N) is 1. The van der Waals surface area contributed by atoms with Gasteiger partial charge in [-0.25, -0.2) is 0 Å². The highest BCUT2D eigenvalue weighted by molar-refractivity contribution is 6.32. The number of halogens is 2. The van der Waals surface area contributed by atoms with Crippen molar-refractivity contribution in [3.8, 4) is 5.75 Å². The van der Waals surface area contributed by atoms with Crippen LogP contribution < -0.4 is 17.3 Å². The molecule has 0 aliphatic heterocycles. The Labute approximate surface area is 102 Å². The number of hydrogen-bond acceptors (Lipinski definition) is 1. The maximum Gasteiger partial charge on any atom is 0.134 e. The topological polar surface area (TPSA) is 24.7 Å². The zero-order valence-electron chi connectivity index (χ0n) is 9.06. The van der Waals surface area contributed by atoms with Crippen LogP contribution in [0.15, 0.2) is 18.2 Å². The van der Waals surface area contributed by atoms with E-state index < -0.39 is 0 Å². The molecule has 0 saturated heterocycles. The summed E-state index contributed by atoms with van der Waals surface area (Å²) in [6.07, 6.45) is 2.16. The Morgan fingerprint density at radius 1 is 1.33 bits per heavy atom. The number of quaternary nitrogens is 1. The lowest BCUT2D eigenvalue weighted by atomic mass is 10.1. The zero-order valence-corrected chi connectivity index (χ0v) is 10.6. The number of rotatable bonds is 4. The molecular formula is C11H17Cl2NO. The van der Waals surface area contributed by atoms with Gasteiger partial charge in [0.05, 0.1) is 25.7 Å². The number of phenolic OH excluding ortho intramolecular Hbond substituents is 1. The van der Waals surface area contributed by atoms with Crippen LogP contribution in [0.25, 0.3) is 0 Å². The van der Waals surface area contributed by atoms with Crippen LogP contribution in [0.2, 0.25) is 5.02 Å². The Morgan fingerprint density at radius 3 is 2.53 bits per heavy atom. The lowest BCUT2D eigenvalue weighted by molar-refractivity contribution is -0.858. The third kappa shape index (κ3) is 5.26. The molecule has 0 atom stereocenters. The first kappa shape index (κ1) is 14.6. The van der Waals surface area contributed by atoms with E-state index in [1.165, 1.54) is 10.5 Å². The predicted molar refractivity (Wildman–Crippen MR) is 59.1 cm³/mol. The van der Waals surface area contributed by atoms with Crippen molar-refractivity contribution in [2.24, 2.45) is 0 Å². The van der Waals surface area contributed by atoms with Crippen molar-refractivity contribution in [1.29, 1.82) is 0 Å². The van der Waals surface area contributed by atoms with Gasteiger partial charge in [-0.1, -0.05) is 17.7 Å². The molecule has 2 nitrogen and oxygen atoms in total. The quantitative estimate of drug-likeness (QED) is 0.643. The Balaban J connectivity index is 0.00000196. The van der Waals surface area contributed by atoms with Crippen LogP contribution in [0.1, 0.15) is 12.0 Å². The SMILES string of the molecule is C[NH+](C)CCCc1ccc(O)c(Cl)c1.[Cl-]. The molecule has 0 fully saturated rings. The number of aromatic hydroxyl groups is 1. The van der Waals surface area contributed by atoms with E-state index in [0.717, 1.165) is 19.4 Å². The monoisotopic (exact) mass is 249 g/mol. The van der Waals surface area contributed by atoms with E-state index in [4.69, 9.17) is 11.6 Å². The van der Waals surface area contributed by atoms with Crippen molar-refractivity contribution in [3.05, 3.63) is 28.8 Å². The Morgan fingerprint density at radius 2 is 2.00 bits per heavy atom. The molecule has 1 aromatic rings. The molecule has 4 heteroatoms. The third-order valence-electron chi connectivity index (χ3n) is 2.15. The fraction of sp³-hybridized carbons (Fsp3) is 0.455. The molecule has 0 aliphatic carbocycles. The first-order valence-corrected chi connectivity index (χ1v) is 5.24. The normalized spacial score (nSPS) is 10.1. The maximum atomic E-state index is 9.22. The number of phenols is 1. The minimum Gasteiger partial charge on any atom is -1.00 e.